The van der Waals surface area contributed by atoms with Crippen LogP contribution in [0.15, 0.2) is 0 Å². The number of hydrogen-bond donors (Lipinski definition) is 3. The van der Waals surface area contributed by atoms with E-state index < -0.39 is 16.9 Å². The number of rotatable bonds is 4. The fourth-order valence-electron chi connectivity index (χ4n) is 2.75. The lowest BCUT2D eigenvalue weighted by atomic mass is 9.89. The Hall–Kier alpha value is -1.10. The van der Waals surface area contributed by atoms with Gasteiger partial charge in [0.15, 0.2) is 0 Å². The van der Waals surface area contributed by atoms with Crippen LogP contribution in [0.5, 0.6) is 0 Å². The Morgan fingerprint density at radius 1 is 1.06 bits per heavy atom. The SMILES string of the molecule is NCC1(C(=O)NC2(C(=O)O)CCCCCC2)CC1. The van der Waals surface area contributed by atoms with Crippen molar-refractivity contribution in [1.82, 2.24) is 5.32 Å². The standard InChI is InChI=1S/C13H22N2O3/c14-9-12(7-8-12)10(16)15-13(11(17)18)5-3-1-2-4-6-13/h1-9,14H2,(H,15,16)(H,17,18). The van der Waals surface area contributed by atoms with Crippen LogP contribution in [0, 0.1) is 5.41 Å². The highest BCUT2D eigenvalue weighted by atomic mass is 16.4. The number of carboxylic acid groups (broad SMARTS) is 1. The van der Waals surface area contributed by atoms with Gasteiger partial charge in [-0.1, -0.05) is 25.7 Å². The predicted octanol–water partition coefficient (Wildman–Crippen LogP) is 1.02. The van der Waals surface area contributed by atoms with E-state index in [1.54, 1.807) is 0 Å². The van der Waals surface area contributed by atoms with Gasteiger partial charge in [-0.3, -0.25) is 4.79 Å². The van der Waals surface area contributed by atoms with Crippen molar-refractivity contribution in [3.63, 3.8) is 0 Å². The smallest absolute Gasteiger partial charge is 0.329 e. The van der Waals surface area contributed by atoms with E-state index in [9.17, 15) is 14.7 Å². The van der Waals surface area contributed by atoms with Gasteiger partial charge in [0.25, 0.3) is 0 Å². The third-order valence-electron chi connectivity index (χ3n) is 4.45. The normalized spacial score (nSPS) is 24.9. The average molecular weight is 254 g/mol. The van der Waals surface area contributed by atoms with Crippen molar-refractivity contribution in [2.45, 2.75) is 56.9 Å². The second-order valence-corrected chi connectivity index (χ2v) is 5.74. The lowest BCUT2D eigenvalue weighted by Gasteiger charge is -2.31. The summed E-state index contributed by atoms with van der Waals surface area (Å²) in [6, 6.07) is 0. The number of amides is 1. The minimum absolute atomic E-state index is 0.158. The molecule has 0 aromatic rings. The van der Waals surface area contributed by atoms with Gasteiger partial charge in [0, 0.05) is 6.54 Å². The summed E-state index contributed by atoms with van der Waals surface area (Å²) in [5.41, 5.74) is 4.08. The molecule has 0 heterocycles. The summed E-state index contributed by atoms with van der Waals surface area (Å²) < 4.78 is 0. The second kappa shape index (κ2) is 4.88. The minimum atomic E-state index is -1.06. The van der Waals surface area contributed by atoms with Gasteiger partial charge in [-0.15, -0.1) is 0 Å². The van der Waals surface area contributed by atoms with E-state index in [4.69, 9.17) is 5.73 Å². The fraction of sp³-hybridized carbons (Fsp3) is 0.846. The van der Waals surface area contributed by atoms with Gasteiger partial charge in [0.2, 0.25) is 5.91 Å². The third kappa shape index (κ3) is 2.36. The maximum absolute atomic E-state index is 12.2. The molecule has 2 aliphatic rings. The molecule has 5 heteroatoms. The van der Waals surface area contributed by atoms with Crippen molar-refractivity contribution in [2.75, 3.05) is 6.54 Å². The fourth-order valence-corrected chi connectivity index (χ4v) is 2.75. The van der Waals surface area contributed by atoms with E-state index in [2.05, 4.69) is 5.32 Å². The number of nitrogens with two attached hydrogens (primary N) is 1. The topological polar surface area (TPSA) is 92.4 Å². The summed E-state index contributed by atoms with van der Waals surface area (Å²) >= 11 is 0. The first kappa shape index (κ1) is 13.3. The largest absolute Gasteiger partial charge is 0.480 e. The van der Waals surface area contributed by atoms with Crippen LogP contribution in [0.1, 0.15) is 51.4 Å². The Kier molecular flexibility index (Phi) is 3.61. The van der Waals surface area contributed by atoms with Gasteiger partial charge in [-0.05, 0) is 25.7 Å². The van der Waals surface area contributed by atoms with Gasteiger partial charge in [-0.25, -0.2) is 4.79 Å². The molecule has 0 atom stereocenters. The van der Waals surface area contributed by atoms with Crippen LogP contribution in [0.4, 0.5) is 0 Å². The van der Waals surface area contributed by atoms with Crippen molar-refractivity contribution in [1.29, 1.82) is 0 Å². The second-order valence-electron chi connectivity index (χ2n) is 5.74. The summed E-state index contributed by atoms with van der Waals surface area (Å²) in [4.78, 5) is 23.7. The maximum Gasteiger partial charge on any atom is 0.329 e. The zero-order chi connectivity index (χ0) is 13.2. The molecule has 102 valence electrons. The van der Waals surface area contributed by atoms with E-state index in [0.717, 1.165) is 38.5 Å². The molecule has 0 radical (unpaired) electrons. The first-order valence-electron chi connectivity index (χ1n) is 6.81. The highest BCUT2D eigenvalue weighted by molar-refractivity contribution is 5.91. The molecular weight excluding hydrogens is 232 g/mol. The van der Waals surface area contributed by atoms with Crippen LogP contribution in [0.3, 0.4) is 0 Å². The molecule has 0 spiro atoms. The zero-order valence-corrected chi connectivity index (χ0v) is 10.7. The van der Waals surface area contributed by atoms with Crippen molar-refractivity contribution < 1.29 is 14.7 Å². The lowest BCUT2D eigenvalue weighted by Crippen LogP contribution is -2.56. The summed E-state index contributed by atoms with van der Waals surface area (Å²) in [7, 11) is 0. The van der Waals surface area contributed by atoms with E-state index in [-0.39, 0.29) is 5.91 Å². The Morgan fingerprint density at radius 3 is 2.00 bits per heavy atom. The van der Waals surface area contributed by atoms with Crippen LogP contribution in [-0.4, -0.2) is 29.1 Å². The molecule has 2 aliphatic carbocycles. The van der Waals surface area contributed by atoms with Crippen LogP contribution in [0.25, 0.3) is 0 Å². The number of hydrogen-bond acceptors (Lipinski definition) is 3. The van der Waals surface area contributed by atoms with Crippen LogP contribution in [0.2, 0.25) is 0 Å². The van der Waals surface area contributed by atoms with E-state index >= 15 is 0 Å². The summed E-state index contributed by atoms with van der Waals surface area (Å²) in [5.74, 6) is -1.06. The van der Waals surface area contributed by atoms with Crippen molar-refractivity contribution in [3.05, 3.63) is 0 Å². The molecule has 5 nitrogen and oxygen atoms in total. The molecular formula is C13H22N2O3. The van der Waals surface area contributed by atoms with Crippen molar-refractivity contribution in [3.8, 4) is 0 Å². The Bertz CT molecular complexity index is 342. The predicted molar refractivity (Wildman–Crippen MR) is 66.9 cm³/mol. The molecule has 0 unspecified atom stereocenters. The maximum atomic E-state index is 12.2. The first-order valence-corrected chi connectivity index (χ1v) is 6.81. The Labute approximate surface area is 107 Å². The van der Waals surface area contributed by atoms with E-state index in [1.807, 2.05) is 0 Å². The van der Waals surface area contributed by atoms with Gasteiger partial charge in [0.1, 0.15) is 5.54 Å². The average Bonchev–Trinajstić information content (AvgIpc) is 3.14. The zero-order valence-electron chi connectivity index (χ0n) is 10.7. The van der Waals surface area contributed by atoms with Gasteiger partial charge in [0.05, 0.1) is 5.41 Å². The van der Waals surface area contributed by atoms with Crippen LogP contribution >= 0.6 is 0 Å². The molecule has 1 amide bonds. The lowest BCUT2D eigenvalue weighted by molar-refractivity contribution is -0.149. The number of carbonyl (C=O) groups excluding carboxylic acids is 1. The van der Waals surface area contributed by atoms with Crippen LogP contribution < -0.4 is 11.1 Å². The van der Waals surface area contributed by atoms with Crippen molar-refractivity contribution >= 4 is 11.9 Å². The molecule has 18 heavy (non-hydrogen) atoms. The molecule has 0 aromatic carbocycles. The van der Waals surface area contributed by atoms with Crippen molar-refractivity contribution in [2.24, 2.45) is 11.1 Å². The monoisotopic (exact) mass is 254 g/mol. The minimum Gasteiger partial charge on any atom is -0.480 e. The highest BCUT2D eigenvalue weighted by Gasteiger charge is 2.52. The first-order chi connectivity index (χ1) is 8.55. The molecule has 0 saturated heterocycles. The number of carbonyl (C=O) groups is 2. The quantitative estimate of drug-likeness (QED) is 0.653. The summed E-state index contributed by atoms with van der Waals surface area (Å²) in [6.45, 7) is 0.314. The van der Waals surface area contributed by atoms with Crippen LogP contribution in [-0.2, 0) is 9.59 Å². The number of nitrogens with one attached hydrogen (secondary N) is 1. The summed E-state index contributed by atoms with van der Waals surface area (Å²) in [5, 5.41) is 12.3. The molecule has 4 N–H and O–H groups in total. The highest BCUT2D eigenvalue weighted by Crippen LogP contribution is 2.45. The Balaban J connectivity index is 2.10. The van der Waals surface area contributed by atoms with Gasteiger partial charge < -0.3 is 16.2 Å². The molecule has 0 aliphatic heterocycles. The van der Waals surface area contributed by atoms with E-state index in [1.165, 1.54) is 0 Å². The molecule has 0 aromatic heterocycles. The van der Waals surface area contributed by atoms with Gasteiger partial charge in [-0.2, -0.15) is 0 Å². The third-order valence-corrected chi connectivity index (χ3v) is 4.45. The van der Waals surface area contributed by atoms with Gasteiger partial charge >= 0.3 is 5.97 Å². The van der Waals surface area contributed by atoms with E-state index in [0.29, 0.717) is 19.4 Å². The molecule has 2 saturated carbocycles. The molecule has 0 bridgehead atoms. The molecule has 2 rings (SSSR count). The Morgan fingerprint density at radius 2 is 1.61 bits per heavy atom. The summed E-state index contributed by atoms with van der Waals surface area (Å²) in [6.07, 6.45) is 6.46. The molecule has 2 fully saturated rings. The number of carboxylic acids is 1. The number of aliphatic carboxylic acids is 1.